The summed E-state index contributed by atoms with van der Waals surface area (Å²) in [6.07, 6.45) is 5.83. The Morgan fingerprint density at radius 3 is 2.89 bits per heavy atom. The van der Waals surface area contributed by atoms with Gasteiger partial charge in [-0.2, -0.15) is 5.10 Å². The third-order valence-corrected chi connectivity index (χ3v) is 2.55. The Kier molecular flexibility index (Phi) is 2.09. The van der Waals surface area contributed by atoms with E-state index in [0.29, 0.717) is 11.5 Å². The molecule has 90 valence electrons. The van der Waals surface area contributed by atoms with Crippen LogP contribution >= 0.6 is 0 Å². The maximum Gasteiger partial charge on any atom is 0.356 e. The van der Waals surface area contributed by atoms with E-state index in [-0.39, 0.29) is 5.69 Å². The number of aromatic carboxylic acids is 1. The van der Waals surface area contributed by atoms with E-state index in [1.807, 2.05) is 0 Å². The molecule has 0 aromatic carbocycles. The number of hydrogen-bond acceptors (Lipinski definition) is 5. The number of imidazole rings is 1. The summed E-state index contributed by atoms with van der Waals surface area (Å²) in [5.74, 6) is -0.529. The van der Waals surface area contributed by atoms with E-state index in [4.69, 9.17) is 5.11 Å². The lowest BCUT2D eigenvalue weighted by Gasteiger charge is -2.01. The Morgan fingerprint density at radius 2 is 2.17 bits per heavy atom. The lowest BCUT2D eigenvalue weighted by atomic mass is 10.4. The van der Waals surface area contributed by atoms with Gasteiger partial charge in [0, 0.05) is 13.2 Å². The van der Waals surface area contributed by atoms with Gasteiger partial charge in [-0.15, -0.1) is 0 Å². The van der Waals surface area contributed by atoms with Crippen molar-refractivity contribution < 1.29 is 9.90 Å². The summed E-state index contributed by atoms with van der Waals surface area (Å²) >= 11 is 0. The number of rotatable bonds is 2. The smallest absolute Gasteiger partial charge is 0.356 e. The molecule has 3 rings (SSSR count). The fourth-order valence-electron chi connectivity index (χ4n) is 1.70. The highest BCUT2D eigenvalue weighted by Gasteiger charge is 2.12. The number of nitrogens with zero attached hydrogens (tertiary/aromatic N) is 6. The second-order valence-electron chi connectivity index (χ2n) is 3.67. The predicted molar refractivity (Wildman–Crippen MR) is 60.4 cm³/mol. The molecule has 18 heavy (non-hydrogen) atoms. The molecule has 8 nitrogen and oxygen atoms in total. The molecule has 0 aliphatic carbocycles. The Morgan fingerprint density at radius 1 is 1.33 bits per heavy atom. The molecule has 0 saturated heterocycles. The number of hydrogen-bond donors (Lipinski definition) is 1. The molecule has 0 radical (unpaired) electrons. The number of fused-ring (bicyclic) bond motifs is 1. The lowest BCUT2D eigenvalue weighted by Crippen LogP contribution is -1.99. The van der Waals surface area contributed by atoms with Crippen molar-refractivity contribution in [3.63, 3.8) is 0 Å². The van der Waals surface area contributed by atoms with E-state index in [1.54, 1.807) is 17.9 Å². The molecule has 0 bridgehead atoms. The zero-order valence-corrected chi connectivity index (χ0v) is 9.35. The van der Waals surface area contributed by atoms with Gasteiger partial charge in [0.2, 0.25) is 0 Å². The first-order valence-electron chi connectivity index (χ1n) is 5.07. The van der Waals surface area contributed by atoms with Crippen molar-refractivity contribution in [2.24, 2.45) is 7.05 Å². The van der Waals surface area contributed by atoms with Gasteiger partial charge in [0.25, 0.3) is 0 Å². The van der Waals surface area contributed by atoms with Crippen LogP contribution in [0.2, 0.25) is 0 Å². The summed E-state index contributed by atoms with van der Waals surface area (Å²) in [5, 5.41) is 13.7. The van der Waals surface area contributed by atoms with Crippen molar-refractivity contribution in [2.45, 2.75) is 0 Å². The molecular formula is C10H8N6O2. The van der Waals surface area contributed by atoms with Crippen LogP contribution in [0.25, 0.3) is 16.9 Å². The Hall–Kier alpha value is -2.77. The minimum atomic E-state index is -1.08. The van der Waals surface area contributed by atoms with Crippen molar-refractivity contribution in [2.75, 3.05) is 0 Å². The van der Waals surface area contributed by atoms with Gasteiger partial charge in [0.1, 0.15) is 12.7 Å². The lowest BCUT2D eigenvalue weighted by molar-refractivity contribution is 0.0691. The minimum Gasteiger partial charge on any atom is -0.476 e. The minimum absolute atomic E-state index is 0.0364. The standard InChI is InChI=1S/C10H8N6O2/c1-15-8-6(2-14-15)9(12-4-11-8)16-3-7(10(17)18)13-5-16/h2-5H,1H3,(H,17,18). The fraction of sp³-hybridized carbons (Fsp3) is 0.100. The monoisotopic (exact) mass is 244 g/mol. The summed E-state index contributed by atoms with van der Waals surface area (Å²) in [4.78, 5) is 22.8. The van der Waals surface area contributed by atoms with Gasteiger partial charge in [-0.25, -0.2) is 19.7 Å². The van der Waals surface area contributed by atoms with Gasteiger partial charge < -0.3 is 5.11 Å². The fourth-order valence-corrected chi connectivity index (χ4v) is 1.70. The highest BCUT2D eigenvalue weighted by Crippen LogP contribution is 2.17. The SMILES string of the molecule is Cn1ncc2c(-n3cnc(C(=O)O)c3)ncnc21. The highest BCUT2D eigenvalue weighted by atomic mass is 16.4. The average Bonchev–Trinajstić information content (AvgIpc) is 2.97. The van der Waals surface area contributed by atoms with Crippen LogP contribution in [0.5, 0.6) is 0 Å². The first-order chi connectivity index (χ1) is 8.66. The van der Waals surface area contributed by atoms with Gasteiger partial charge in [0.05, 0.1) is 11.6 Å². The Labute approximate surface area is 101 Å². The van der Waals surface area contributed by atoms with Crippen LogP contribution < -0.4 is 0 Å². The second kappa shape index (κ2) is 3.62. The van der Waals surface area contributed by atoms with E-state index in [0.717, 1.165) is 5.39 Å². The maximum absolute atomic E-state index is 10.8. The third-order valence-electron chi connectivity index (χ3n) is 2.55. The molecule has 3 aromatic rings. The highest BCUT2D eigenvalue weighted by molar-refractivity contribution is 5.86. The molecule has 3 heterocycles. The number of aryl methyl sites for hydroxylation is 1. The molecule has 0 saturated carbocycles. The first kappa shape index (κ1) is 10.4. The van der Waals surface area contributed by atoms with Gasteiger partial charge in [-0.3, -0.25) is 9.25 Å². The van der Waals surface area contributed by atoms with Crippen LogP contribution in [-0.4, -0.2) is 40.4 Å². The Bertz CT molecular complexity index is 744. The molecule has 0 fully saturated rings. The van der Waals surface area contributed by atoms with Gasteiger partial charge in [0.15, 0.2) is 17.2 Å². The van der Waals surface area contributed by atoms with E-state index < -0.39 is 5.97 Å². The molecule has 0 unspecified atom stereocenters. The van der Waals surface area contributed by atoms with Crippen LogP contribution in [0, 0.1) is 0 Å². The van der Waals surface area contributed by atoms with Crippen molar-refractivity contribution in [3.05, 3.63) is 30.7 Å². The van der Waals surface area contributed by atoms with E-state index in [9.17, 15) is 4.79 Å². The summed E-state index contributed by atoms with van der Waals surface area (Å²) < 4.78 is 3.16. The normalized spacial score (nSPS) is 10.9. The predicted octanol–water partition coefficient (Wildman–Crippen LogP) is 0.247. The second-order valence-corrected chi connectivity index (χ2v) is 3.67. The van der Waals surface area contributed by atoms with E-state index >= 15 is 0 Å². The van der Waals surface area contributed by atoms with Crippen LogP contribution in [0.15, 0.2) is 25.0 Å². The molecule has 0 aliphatic heterocycles. The zero-order valence-electron chi connectivity index (χ0n) is 9.35. The van der Waals surface area contributed by atoms with E-state index in [1.165, 1.54) is 23.4 Å². The number of carboxylic acids is 1. The van der Waals surface area contributed by atoms with Gasteiger partial charge in [-0.1, -0.05) is 0 Å². The molecule has 0 atom stereocenters. The molecular weight excluding hydrogens is 236 g/mol. The number of carboxylic acid groups (broad SMARTS) is 1. The zero-order chi connectivity index (χ0) is 12.7. The topological polar surface area (TPSA) is 98.7 Å². The molecule has 0 spiro atoms. The van der Waals surface area contributed by atoms with E-state index in [2.05, 4.69) is 20.1 Å². The molecule has 0 aliphatic rings. The van der Waals surface area contributed by atoms with Crippen molar-refractivity contribution in [3.8, 4) is 5.82 Å². The van der Waals surface area contributed by atoms with Crippen LogP contribution in [-0.2, 0) is 7.05 Å². The molecule has 3 aromatic heterocycles. The summed E-state index contributed by atoms with van der Waals surface area (Å²) in [6.45, 7) is 0. The van der Waals surface area contributed by atoms with Crippen LogP contribution in [0.4, 0.5) is 0 Å². The first-order valence-corrected chi connectivity index (χ1v) is 5.07. The maximum atomic E-state index is 10.8. The summed E-state index contributed by atoms with van der Waals surface area (Å²) in [7, 11) is 1.77. The van der Waals surface area contributed by atoms with Gasteiger partial charge >= 0.3 is 5.97 Å². The summed E-state index contributed by atoms with van der Waals surface area (Å²) in [6, 6.07) is 0. The molecule has 8 heteroatoms. The molecule has 0 amide bonds. The van der Waals surface area contributed by atoms with Crippen molar-refractivity contribution >= 4 is 17.0 Å². The Balaban J connectivity index is 2.21. The quantitative estimate of drug-likeness (QED) is 0.693. The number of aromatic nitrogens is 6. The van der Waals surface area contributed by atoms with Crippen molar-refractivity contribution in [1.82, 2.24) is 29.3 Å². The van der Waals surface area contributed by atoms with Crippen LogP contribution in [0.1, 0.15) is 10.5 Å². The van der Waals surface area contributed by atoms with Crippen molar-refractivity contribution in [1.29, 1.82) is 0 Å². The van der Waals surface area contributed by atoms with Crippen LogP contribution in [0.3, 0.4) is 0 Å². The largest absolute Gasteiger partial charge is 0.476 e. The third kappa shape index (κ3) is 1.43. The van der Waals surface area contributed by atoms with Gasteiger partial charge in [-0.05, 0) is 0 Å². The average molecular weight is 244 g/mol. The molecule has 1 N–H and O–H groups in total. The number of carbonyl (C=O) groups is 1. The summed E-state index contributed by atoms with van der Waals surface area (Å²) in [5.41, 5.74) is 0.635.